The Morgan fingerprint density at radius 1 is 0.842 bits per heavy atom. The zero-order valence-corrected chi connectivity index (χ0v) is 11.3. The van der Waals surface area contributed by atoms with Crippen molar-refractivity contribution < 1.29 is 8.42 Å². The highest BCUT2D eigenvalue weighted by Crippen LogP contribution is 2.21. The average Bonchev–Trinajstić information content (AvgIpc) is 2.37. The maximum Gasteiger partial charge on any atom is 0.238 e. The minimum absolute atomic E-state index is 0.0398. The van der Waals surface area contributed by atoms with Gasteiger partial charge in [0, 0.05) is 5.02 Å². The minimum Gasteiger partial charge on any atom is -0.225 e. The quantitative estimate of drug-likeness (QED) is 0.880. The number of sulfonamides is 1. The molecule has 0 saturated heterocycles. The fraction of sp³-hybridized carbons (Fsp3) is 0. The third-order valence-corrected chi connectivity index (χ3v) is 3.45. The number of primary sulfonamides is 1. The summed E-state index contributed by atoms with van der Waals surface area (Å²) in [5.74, 6) is 0. The number of hydrogen-bond donors (Lipinski definition) is 1. The van der Waals surface area contributed by atoms with Crippen molar-refractivity contribution in [3.05, 3.63) is 53.6 Å². The van der Waals surface area contributed by atoms with E-state index in [1.54, 1.807) is 24.3 Å². The van der Waals surface area contributed by atoms with Crippen LogP contribution in [0.4, 0.5) is 11.4 Å². The van der Waals surface area contributed by atoms with E-state index < -0.39 is 10.0 Å². The Morgan fingerprint density at radius 2 is 1.26 bits per heavy atom. The standard InChI is InChI=1S/C12H10ClN3O2S/c13-9-1-3-10(4-2-9)15-16-11-5-7-12(8-6-11)19(14,17)18/h1-8H,(H2,14,17,18). The molecule has 0 aliphatic heterocycles. The lowest BCUT2D eigenvalue weighted by atomic mass is 10.3. The fourth-order valence-corrected chi connectivity index (χ4v) is 1.97. The molecule has 0 aliphatic rings. The lowest BCUT2D eigenvalue weighted by Crippen LogP contribution is -2.11. The van der Waals surface area contributed by atoms with Gasteiger partial charge in [0.2, 0.25) is 10.0 Å². The van der Waals surface area contributed by atoms with Gasteiger partial charge in [0.15, 0.2) is 0 Å². The van der Waals surface area contributed by atoms with Gasteiger partial charge >= 0.3 is 0 Å². The third kappa shape index (κ3) is 3.85. The molecule has 7 heteroatoms. The summed E-state index contributed by atoms with van der Waals surface area (Å²) < 4.78 is 22.1. The first-order valence-electron chi connectivity index (χ1n) is 5.25. The number of benzene rings is 2. The molecule has 98 valence electrons. The van der Waals surface area contributed by atoms with E-state index in [0.29, 0.717) is 16.4 Å². The molecule has 0 atom stereocenters. The van der Waals surface area contributed by atoms with E-state index >= 15 is 0 Å². The Hall–Kier alpha value is -1.76. The smallest absolute Gasteiger partial charge is 0.225 e. The highest BCUT2D eigenvalue weighted by molar-refractivity contribution is 7.89. The van der Waals surface area contributed by atoms with E-state index in [0.717, 1.165) is 0 Å². The molecular weight excluding hydrogens is 286 g/mol. The monoisotopic (exact) mass is 295 g/mol. The molecule has 0 fully saturated rings. The molecule has 5 nitrogen and oxygen atoms in total. The van der Waals surface area contributed by atoms with Gasteiger partial charge in [0.05, 0.1) is 16.3 Å². The molecule has 0 bridgehead atoms. The largest absolute Gasteiger partial charge is 0.238 e. The van der Waals surface area contributed by atoms with Crippen molar-refractivity contribution in [3.8, 4) is 0 Å². The lowest BCUT2D eigenvalue weighted by Gasteiger charge is -1.97. The molecule has 0 amide bonds. The van der Waals surface area contributed by atoms with Crippen molar-refractivity contribution in [2.24, 2.45) is 15.4 Å². The minimum atomic E-state index is -3.68. The highest BCUT2D eigenvalue weighted by atomic mass is 35.5. The molecule has 0 radical (unpaired) electrons. The predicted octanol–water partition coefficient (Wildman–Crippen LogP) is 3.40. The lowest BCUT2D eigenvalue weighted by molar-refractivity contribution is 0.598. The van der Waals surface area contributed by atoms with Crippen molar-refractivity contribution in [1.29, 1.82) is 0 Å². The Balaban J connectivity index is 2.18. The molecule has 0 spiro atoms. The van der Waals surface area contributed by atoms with E-state index in [4.69, 9.17) is 16.7 Å². The Labute approximate surface area is 115 Å². The van der Waals surface area contributed by atoms with Gasteiger partial charge in [-0.05, 0) is 48.5 Å². The topological polar surface area (TPSA) is 84.9 Å². The van der Waals surface area contributed by atoms with Crippen LogP contribution in [0.5, 0.6) is 0 Å². The van der Waals surface area contributed by atoms with Gasteiger partial charge in [-0.25, -0.2) is 13.6 Å². The van der Waals surface area contributed by atoms with Crippen LogP contribution in [0.2, 0.25) is 5.02 Å². The zero-order chi connectivity index (χ0) is 13.9. The summed E-state index contributed by atoms with van der Waals surface area (Å²) in [6, 6.07) is 12.7. The number of hydrogen-bond acceptors (Lipinski definition) is 4. The molecule has 0 unspecified atom stereocenters. The number of rotatable bonds is 3. The van der Waals surface area contributed by atoms with E-state index in [1.807, 2.05) is 0 Å². The van der Waals surface area contributed by atoms with Crippen LogP contribution in [0.25, 0.3) is 0 Å². The summed E-state index contributed by atoms with van der Waals surface area (Å²) >= 11 is 5.75. The number of nitrogens with zero attached hydrogens (tertiary/aromatic N) is 2. The molecule has 0 saturated carbocycles. The van der Waals surface area contributed by atoms with Crippen LogP contribution in [0.1, 0.15) is 0 Å². The first-order valence-corrected chi connectivity index (χ1v) is 7.18. The first-order chi connectivity index (χ1) is 8.95. The summed E-state index contributed by atoms with van der Waals surface area (Å²) in [5.41, 5.74) is 1.18. The van der Waals surface area contributed by atoms with Crippen LogP contribution in [0.15, 0.2) is 63.7 Å². The molecule has 2 aromatic rings. The molecule has 0 heterocycles. The molecule has 0 aliphatic carbocycles. The third-order valence-electron chi connectivity index (χ3n) is 2.27. The van der Waals surface area contributed by atoms with Gasteiger partial charge in [0.25, 0.3) is 0 Å². The van der Waals surface area contributed by atoms with E-state index in [2.05, 4.69) is 10.2 Å². The van der Waals surface area contributed by atoms with Crippen LogP contribution in [0, 0.1) is 0 Å². The van der Waals surface area contributed by atoms with Gasteiger partial charge < -0.3 is 0 Å². The van der Waals surface area contributed by atoms with Crippen LogP contribution in [-0.2, 0) is 10.0 Å². The maximum atomic E-state index is 11.1. The molecule has 19 heavy (non-hydrogen) atoms. The van der Waals surface area contributed by atoms with Crippen molar-refractivity contribution >= 4 is 33.0 Å². The molecular formula is C12H10ClN3O2S. The van der Waals surface area contributed by atoms with Crippen LogP contribution >= 0.6 is 11.6 Å². The first kappa shape index (κ1) is 13.7. The van der Waals surface area contributed by atoms with Crippen LogP contribution < -0.4 is 5.14 Å². The van der Waals surface area contributed by atoms with E-state index in [1.165, 1.54) is 24.3 Å². The summed E-state index contributed by atoms with van der Waals surface area (Å²) in [6.07, 6.45) is 0. The Kier molecular flexibility index (Phi) is 3.94. The molecule has 2 N–H and O–H groups in total. The van der Waals surface area contributed by atoms with E-state index in [-0.39, 0.29) is 4.90 Å². The van der Waals surface area contributed by atoms with Gasteiger partial charge in [-0.2, -0.15) is 10.2 Å². The zero-order valence-electron chi connectivity index (χ0n) is 9.69. The van der Waals surface area contributed by atoms with Crippen molar-refractivity contribution in [1.82, 2.24) is 0 Å². The number of azo groups is 1. The normalized spacial score (nSPS) is 11.9. The number of nitrogens with two attached hydrogens (primary N) is 1. The predicted molar refractivity (Wildman–Crippen MR) is 73.4 cm³/mol. The van der Waals surface area contributed by atoms with Crippen molar-refractivity contribution in [3.63, 3.8) is 0 Å². The summed E-state index contributed by atoms with van der Waals surface area (Å²) in [4.78, 5) is 0.0398. The maximum absolute atomic E-state index is 11.1. The molecule has 2 rings (SSSR count). The van der Waals surface area contributed by atoms with Crippen molar-refractivity contribution in [2.75, 3.05) is 0 Å². The van der Waals surface area contributed by atoms with Crippen molar-refractivity contribution in [2.45, 2.75) is 4.90 Å². The second kappa shape index (κ2) is 5.48. The summed E-state index contributed by atoms with van der Waals surface area (Å²) in [7, 11) is -3.68. The second-order valence-corrected chi connectivity index (χ2v) is 5.71. The van der Waals surface area contributed by atoms with E-state index in [9.17, 15) is 8.42 Å². The number of halogens is 1. The summed E-state index contributed by atoms with van der Waals surface area (Å²) in [6.45, 7) is 0. The molecule has 0 aromatic heterocycles. The van der Waals surface area contributed by atoms with Crippen LogP contribution in [0.3, 0.4) is 0 Å². The summed E-state index contributed by atoms with van der Waals surface area (Å²) in [5, 5.41) is 13.6. The van der Waals surface area contributed by atoms with Gasteiger partial charge in [0.1, 0.15) is 0 Å². The average molecular weight is 296 g/mol. The highest BCUT2D eigenvalue weighted by Gasteiger charge is 2.06. The Bertz CT molecular complexity index is 695. The van der Waals surface area contributed by atoms with Gasteiger partial charge in [-0.15, -0.1) is 0 Å². The Morgan fingerprint density at radius 3 is 1.68 bits per heavy atom. The van der Waals surface area contributed by atoms with Gasteiger partial charge in [-0.3, -0.25) is 0 Å². The van der Waals surface area contributed by atoms with Gasteiger partial charge in [-0.1, -0.05) is 11.6 Å². The molecule has 2 aromatic carbocycles. The SMILES string of the molecule is NS(=O)(=O)c1ccc(N=Nc2ccc(Cl)cc2)cc1. The second-order valence-electron chi connectivity index (χ2n) is 3.72. The fourth-order valence-electron chi connectivity index (χ4n) is 1.33. The van der Waals surface area contributed by atoms with Crippen LogP contribution in [-0.4, -0.2) is 8.42 Å².